The Labute approximate surface area is 185 Å². The lowest BCUT2D eigenvalue weighted by atomic mass is 10.1. The van der Waals surface area contributed by atoms with Crippen molar-refractivity contribution in [3.05, 3.63) is 28.3 Å². The topological polar surface area (TPSA) is 132 Å². The number of nitro benzene ring substituents is 1. The van der Waals surface area contributed by atoms with Crippen LogP contribution < -0.4 is 9.62 Å². The summed E-state index contributed by atoms with van der Waals surface area (Å²) in [4.78, 5) is 13.3. The third-order valence-corrected chi connectivity index (χ3v) is 7.19. The second-order valence-corrected chi connectivity index (χ2v) is 10.7. The largest absolute Gasteiger partial charge is 0.378 e. The molecule has 1 fully saturated rings. The van der Waals surface area contributed by atoms with Gasteiger partial charge in [0.1, 0.15) is 0 Å². The Balaban J connectivity index is 1.93. The maximum absolute atomic E-state index is 12.6. The third kappa shape index (κ3) is 5.53. The zero-order valence-electron chi connectivity index (χ0n) is 17.9. The van der Waals surface area contributed by atoms with Gasteiger partial charge in [-0.25, -0.2) is 13.1 Å². The van der Waals surface area contributed by atoms with E-state index in [0.717, 1.165) is 17.8 Å². The van der Waals surface area contributed by atoms with E-state index in [1.165, 1.54) is 12.1 Å². The quantitative estimate of drug-likeness (QED) is 0.478. The van der Waals surface area contributed by atoms with Gasteiger partial charge in [-0.1, -0.05) is 0 Å². The summed E-state index contributed by atoms with van der Waals surface area (Å²) in [6, 6.07) is 3.87. The van der Waals surface area contributed by atoms with Gasteiger partial charge in [0.15, 0.2) is 5.16 Å². The molecular formula is C18H26N6O5S2. The molecule has 0 unspecified atom stereocenters. The van der Waals surface area contributed by atoms with Crippen molar-refractivity contribution in [2.24, 2.45) is 0 Å². The van der Waals surface area contributed by atoms with Crippen LogP contribution >= 0.6 is 11.8 Å². The summed E-state index contributed by atoms with van der Waals surface area (Å²) in [5, 5.41) is 20.7. The number of hydrogen-bond donors (Lipinski definition) is 1. The predicted molar refractivity (Wildman–Crippen MR) is 116 cm³/mol. The second kappa shape index (κ2) is 9.10. The van der Waals surface area contributed by atoms with Crippen molar-refractivity contribution >= 4 is 33.4 Å². The number of nitrogens with zero attached hydrogens (tertiary/aromatic N) is 5. The molecule has 11 nitrogen and oxygen atoms in total. The van der Waals surface area contributed by atoms with Gasteiger partial charge < -0.3 is 9.64 Å². The van der Waals surface area contributed by atoms with E-state index in [1.807, 2.05) is 11.5 Å². The number of anilines is 1. The molecule has 3 rings (SSSR count). The monoisotopic (exact) mass is 470 g/mol. The molecule has 2 aromatic rings. The van der Waals surface area contributed by atoms with Crippen molar-refractivity contribution in [1.82, 2.24) is 19.5 Å². The highest BCUT2D eigenvalue weighted by Crippen LogP contribution is 2.36. The van der Waals surface area contributed by atoms with Crippen LogP contribution in [0.2, 0.25) is 0 Å². The van der Waals surface area contributed by atoms with Gasteiger partial charge in [-0.3, -0.25) is 14.7 Å². The first-order valence-corrected chi connectivity index (χ1v) is 12.1. The number of nitro groups is 1. The fraction of sp³-hybridized carbons (Fsp3) is 0.556. The third-order valence-electron chi connectivity index (χ3n) is 4.39. The van der Waals surface area contributed by atoms with Gasteiger partial charge in [0, 0.05) is 31.2 Å². The van der Waals surface area contributed by atoms with Crippen LogP contribution in [0.1, 0.15) is 27.7 Å². The molecule has 1 aliphatic rings. The maximum atomic E-state index is 12.6. The van der Waals surface area contributed by atoms with Crippen molar-refractivity contribution in [2.75, 3.05) is 31.2 Å². The normalized spacial score (nSPS) is 15.3. The summed E-state index contributed by atoms with van der Waals surface area (Å²) in [6.45, 7) is 10.2. The molecule has 0 amide bonds. The van der Waals surface area contributed by atoms with Gasteiger partial charge in [-0.15, -0.1) is 10.2 Å². The van der Waals surface area contributed by atoms with Crippen molar-refractivity contribution in [2.45, 2.75) is 54.7 Å². The number of rotatable bonds is 7. The van der Waals surface area contributed by atoms with E-state index in [4.69, 9.17) is 4.74 Å². The van der Waals surface area contributed by atoms with Gasteiger partial charge in [-0.05, 0) is 51.6 Å². The average Bonchev–Trinajstić information content (AvgIpc) is 3.09. The SMILES string of the molecule is CCn1c(Sc2ccc(S(=O)(=O)NC(C)(C)C)cc2[N+](=O)[O-])nnc1N1CCOCC1. The molecule has 1 aliphatic heterocycles. The van der Waals surface area contributed by atoms with Crippen molar-refractivity contribution < 1.29 is 18.1 Å². The average molecular weight is 471 g/mol. The number of ether oxygens (including phenoxy) is 1. The first-order valence-electron chi connectivity index (χ1n) is 9.78. The van der Waals surface area contributed by atoms with E-state index in [1.54, 1.807) is 20.8 Å². The van der Waals surface area contributed by atoms with Crippen molar-refractivity contribution in [3.8, 4) is 0 Å². The van der Waals surface area contributed by atoms with Gasteiger partial charge in [0.05, 0.1) is 27.9 Å². The van der Waals surface area contributed by atoms with E-state index < -0.39 is 20.5 Å². The lowest BCUT2D eigenvalue weighted by Crippen LogP contribution is -2.40. The standard InChI is InChI=1S/C18H26N6O5S2/c1-5-23-16(22-8-10-29-11-9-22)19-20-17(23)30-15-7-6-13(12-14(15)24(25)26)31(27,28)21-18(2,3)4/h6-7,12,21H,5,8-11H2,1-4H3. The molecule has 1 saturated heterocycles. The van der Waals surface area contributed by atoms with E-state index >= 15 is 0 Å². The Morgan fingerprint density at radius 2 is 1.94 bits per heavy atom. The van der Waals surface area contributed by atoms with Gasteiger partial charge in [0.25, 0.3) is 5.69 Å². The first-order chi connectivity index (χ1) is 14.5. The molecule has 0 bridgehead atoms. The highest BCUT2D eigenvalue weighted by atomic mass is 32.2. The van der Waals surface area contributed by atoms with Crippen LogP contribution in [0.25, 0.3) is 0 Å². The Kier molecular flexibility index (Phi) is 6.88. The smallest absolute Gasteiger partial charge is 0.284 e. The zero-order chi connectivity index (χ0) is 22.8. The minimum Gasteiger partial charge on any atom is -0.378 e. The minimum atomic E-state index is -3.90. The van der Waals surface area contributed by atoms with Crippen LogP contribution in [0.3, 0.4) is 0 Å². The summed E-state index contributed by atoms with van der Waals surface area (Å²) in [5.41, 5.74) is -1.02. The summed E-state index contributed by atoms with van der Waals surface area (Å²) < 4.78 is 34.9. The molecule has 0 saturated carbocycles. The molecule has 0 radical (unpaired) electrons. The lowest BCUT2D eigenvalue weighted by Gasteiger charge is -2.27. The van der Waals surface area contributed by atoms with Crippen LogP contribution in [0.4, 0.5) is 11.6 Å². The van der Waals surface area contributed by atoms with Gasteiger partial charge in [-0.2, -0.15) is 0 Å². The van der Waals surface area contributed by atoms with Crippen LogP contribution in [-0.4, -0.2) is 59.9 Å². The van der Waals surface area contributed by atoms with Crippen LogP contribution in [0, 0.1) is 10.1 Å². The Hall–Kier alpha value is -2.22. The summed E-state index contributed by atoms with van der Waals surface area (Å²) in [6.07, 6.45) is 0. The van der Waals surface area contributed by atoms with Crippen LogP contribution in [0.5, 0.6) is 0 Å². The van der Waals surface area contributed by atoms with E-state index in [-0.39, 0.29) is 15.5 Å². The highest BCUT2D eigenvalue weighted by molar-refractivity contribution is 7.99. The van der Waals surface area contributed by atoms with Crippen LogP contribution in [-0.2, 0) is 21.3 Å². The van der Waals surface area contributed by atoms with Crippen LogP contribution in [0.15, 0.2) is 33.1 Å². The van der Waals surface area contributed by atoms with E-state index in [0.29, 0.717) is 44.0 Å². The Morgan fingerprint density at radius 3 is 2.52 bits per heavy atom. The fourth-order valence-corrected chi connectivity index (χ4v) is 5.50. The summed E-state index contributed by atoms with van der Waals surface area (Å²) >= 11 is 1.09. The molecule has 31 heavy (non-hydrogen) atoms. The molecule has 2 heterocycles. The molecular weight excluding hydrogens is 444 g/mol. The number of morpholine rings is 1. The number of benzene rings is 1. The first kappa shape index (κ1) is 23.4. The highest BCUT2D eigenvalue weighted by Gasteiger charge is 2.27. The Bertz CT molecular complexity index is 1060. The minimum absolute atomic E-state index is 0.163. The molecule has 170 valence electrons. The fourth-order valence-electron chi connectivity index (χ4n) is 3.08. The Morgan fingerprint density at radius 1 is 1.26 bits per heavy atom. The van der Waals surface area contributed by atoms with Crippen molar-refractivity contribution in [3.63, 3.8) is 0 Å². The summed E-state index contributed by atoms with van der Waals surface area (Å²) in [7, 11) is -3.90. The molecule has 1 aromatic carbocycles. The molecule has 1 aromatic heterocycles. The molecule has 0 spiro atoms. The number of hydrogen-bond acceptors (Lipinski definition) is 9. The predicted octanol–water partition coefficient (Wildman–Crippen LogP) is 2.27. The van der Waals surface area contributed by atoms with Gasteiger partial charge >= 0.3 is 0 Å². The number of aromatic nitrogens is 3. The molecule has 13 heteroatoms. The second-order valence-electron chi connectivity index (χ2n) is 7.97. The number of sulfonamides is 1. The van der Waals surface area contributed by atoms with Crippen molar-refractivity contribution in [1.29, 1.82) is 0 Å². The molecule has 0 aliphatic carbocycles. The molecule has 0 atom stereocenters. The van der Waals surface area contributed by atoms with E-state index in [2.05, 4.69) is 19.8 Å². The van der Waals surface area contributed by atoms with Gasteiger partial charge in [0.2, 0.25) is 16.0 Å². The lowest BCUT2D eigenvalue weighted by molar-refractivity contribution is -0.388. The number of nitrogens with one attached hydrogen (secondary N) is 1. The summed E-state index contributed by atoms with van der Waals surface area (Å²) in [5.74, 6) is 0.685. The molecule has 1 N–H and O–H groups in total. The van der Waals surface area contributed by atoms with E-state index in [9.17, 15) is 18.5 Å². The zero-order valence-corrected chi connectivity index (χ0v) is 19.5. The maximum Gasteiger partial charge on any atom is 0.284 e.